The van der Waals surface area contributed by atoms with Gasteiger partial charge in [-0.2, -0.15) is 0 Å². The predicted octanol–water partition coefficient (Wildman–Crippen LogP) is 3.47. The van der Waals surface area contributed by atoms with E-state index in [0.29, 0.717) is 30.4 Å². The van der Waals surface area contributed by atoms with Gasteiger partial charge in [0, 0.05) is 42.8 Å². The molecule has 0 bridgehead atoms. The summed E-state index contributed by atoms with van der Waals surface area (Å²) in [7, 11) is -3.71. The maximum atomic E-state index is 12.8. The molecule has 30 heavy (non-hydrogen) atoms. The van der Waals surface area contributed by atoms with Crippen molar-refractivity contribution in [1.82, 2.24) is 14.5 Å². The van der Waals surface area contributed by atoms with Crippen LogP contribution in [-0.4, -0.2) is 41.9 Å². The number of benzene rings is 2. The smallest absolute Gasteiger partial charge is 0.261 e. The van der Waals surface area contributed by atoms with Gasteiger partial charge in [0.2, 0.25) is 0 Å². The van der Waals surface area contributed by atoms with Crippen LogP contribution >= 0.6 is 0 Å². The first-order valence-electron chi connectivity index (χ1n) is 9.89. The third kappa shape index (κ3) is 4.38. The van der Waals surface area contributed by atoms with Crippen molar-refractivity contribution < 1.29 is 13.2 Å². The van der Waals surface area contributed by atoms with Crippen molar-refractivity contribution in [2.75, 3.05) is 17.8 Å². The van der Waals surface area contributed by atoms with Gasteiger partial charge in [0.25, 0.3) is 15.9 Å². The molecule has 4 rings (SSSR count). The van der Waals surface area contributed by atoms with Crippen molar-refractivity contribution >= 4 is 21.6 Å². The summed E-state index contributed by atoms with van der Waals surface area (Å²) >= 11 is 0. The molecule has 156 valence electrons. The Labute approximate surface area is 176 Å². The van der Waals surface area contributed by atoms with Gasteiger partial charge >= 0.3 is 0 Å². The zero-order valence-electron chi connectivity index (χ0n) is 16.7. The van der Waals surface area contributed by atoms with E-state index in [1.807, 2.05) is 36.5 Å². The Morgan fingerprint density at radius 2 is 1.70 bits per heavy atom. The first-order chi connectivity index (χ1) is 14.4. The Hall–Kier alpha value is -3.13. The lowest BCUT2D eigenvalue weighted by molar-refractivity contribution is 0.0694. The third-order valence-electron chi connectivity index (χ3n) is 5.41. The highest BCUT2D eigenvalue weighted by atomic mass is 32.2. The van der Waals surface area contributed by atoms with Crippen molar-refractivity contribution in [3.63, 3.8) is 0 Å². The van der Waals surface area contributed by atoms with E-state index in [9.17, 15) is 13.2 Å². The van der Waals surface area contributed by atoms with E-state index >= 15 is 0 Å². The average molecular weight is 425 g/mol. The lowest BCUT2D eigenvalue weighted by Gasteiger charge is -2.32. The summed E-state index contributed by atoms with van der Waals surface area (Å²) in [4.78, 5) is 18.8. The van der Waals surface area contributed by atoms with Gasteiger partial charge in [-0.3, -0.25) is 9.52 Å². The molecule has 0 spiro atoms. The van der Waals surface area contributed by atoms with Gasteiger partial charge in [-0.05, 0) is 56.2 Å². The minimum atomic E-state index is -3.71. The van der Waals surface area contributed by atoms with E-state index < -0.39 is 10.0 Å². The largest absolute Gasteiger partial charge is 0.338 e. The van der Waals surface area contributed by atoms with Gasteiger partial charge in [-0.1, -0.05) is 17.7 Å². The molecule has 2 heterocycles. The molecule has 1 amide bonds. The Balaban J connectivity index is 1.40. The summed E-state index contributed by atoms with van der Waals surface area (Å²) in [5.41, 5.74) is 2.04. The monoisotopic (exact) mass is 424 g/mol. The fraction of sp³-hybridized carbons (Fsp3) is 0.273. The molecule has 1 N–H and O–H groups in total. The number of anilines is 1. The van der Waals surface area contributed by atoms with Crippen LogP contribution < -0.4 is 4.72 Å². The van der Waals surface area contributed by atoms with E-state index in [4.69, 9.17) is 0 Å². The fourth-order valence-corrected chi connectivity index (χ4v) is 4.71. The molecule has 2 aromatic carbocycles. The van der Waals surface area contributed by atoms with Crippen LogP contribution in [-0.2, 0) is 10.0 Å². The maximum absolute atomic E-state index is 12.8. The number of hydrogen-bond donors (Lipinski definition) is 1. The fourth-order valence-electron chi connectivity index (χ4n) is 3.65. The highest BCUT2D eigenvalue weighted by molar-refractivity contribution is 7.92. The summed E-state index contributed by atoms with van der Waals surface area (Å²) in [6, 6.07) is 13.6. The van der Waals surface area contributed by atoms with Crippen molar-refractivity contribution in [1.29, 1.82) is 0 Å². The molecular weight excluding hydrogens is 400 g/mol. The highest BCUT2D eigenvalue weighted by Gasteiger charge is 2.25. The second-order valence-electron chi connectivity index (χ2n) is 7.53. The van der Waals surface area contributed by atoms with Crippen LogP contribution in [0.3, 0.4) is 0 Å². The van der Waals surface area contributed by atoms with Crippen LogP contribution in [0.5, 0.6) is 0 Å². The SMILES string of the molecule is Cc1ccc(NS(=O)(=O)c2ccc(C(=O)N3CCC(n4ccnc4)CC3)cc2)cc1. The zero-order chi connectivity index (χ0) is 21.1. The van der Waals surface area contributed by atoms with Crippen LogP contribution in [0.15, 0.2) is 72.1 Å². The van der Waals surface area contributed by atoms with Crippen LogP contribution in [0.4, 0.5) is 5.69 Å². The number of rotatable bonds is 5. The molecule has 8 heteroatoms. The molecule has 0 atom stereocenters. The normalized spacial score (nSPS) is 15.2. The molecule has 7 nitrogen and oxygen atoms in total. The molecule has 3 aromatic rings. The van der Waals surface area contributed by atoms with Gasteiger partial charge < -0.3 is 9.47 Å². The highest BCUT2D eigenvalue weighted by Crippen LogP contribution is 2.24. The summed E-state index contributed by atoms with van der Waals surface area (Å²) in [5, 5.41) is 0. The summed E-state index contributed by atoms with van der Waals surface area (Å²) in [6.07, 6.45) is 7.27. The van der Waals surface area contributed by atoms with Crippen molar-refractivity contribution in [2.45, 2.75) is 30.7 Å². The molecule has 1 aliphatic rings. The molecule has 0 radical (unpaired) electrons. The van der Waals surface area contributed by atoms with E-state index in [2.05, 4.69) is 14.3 Å². The molecule has 1 aromatic heterocycles. The van der Waals surface area contributed by atoms with Gasteiger partial charge in [0.1, 0.15) is 0 Å². The third-order valence-corrected chi connectivity index (χ3v) is 6.81. The van der Waals surface area contributed by atoms with Gasteiger partial charge in [0.15, 0.2) is 0 Å². The van der Waals surface area contributed by atoms with Crippen molar-refractivity contribution in [3.05, 3.63) is 78.4 Å². The number of nitrogens with one attached hydrogen (secondary N) is 1. The maximum Gasteiger partial charge on any atom is 0.261 e. The first-order valence-corrected chi connectivity index (χ1v) is 11.4. The zero-order valence-corrected chi connectivity index (χ0v) is 17.5. The quantitative estimate of drug-likeness (QED) is 0.680. The average Bonchev–Trinajstić information content (AvgIpc) is 3.30. The summed E-state index contributed by atoms with van der Waals surface area (Å²) in [5.74, 6) is -0.0745. The lowest BCUT2D eigenvalue weighted by atomic mass is 10.0. The second-order valence-corrected chi connectivity index (χ2v) is 9.21. The number of piperidine rings is 1. The molecule has 1 aliphatic heterocycles. The van der Waals surface area contributed by atoms with Crippen molar-refractivity contribution in [3.8, 4) is 0 Å². The Morgan fingerprint density at radius 1 is 1.03 bits per heavy atom. The number of carbonyl (C=O) groups is 1. The molecule has 0 saturated carbocycles. The van der Waals surface area contributed by atoms with Crippen molar-refractivity contribution in [2.24, 2.45) is 0 Å². The first kappa shape index (κ1) is 20.2. The number of carbonyl (C=O) groups excluding carboxylic acids is 1. The summed E-state index contributed by atoms with van der Waals surface area (Å²) in [6.45, 7) is 3.27. The number of imidazole rings is 1. The van der Waals surface area contributed by atoms with Gasteiger partial charge in [0.05, 0.1) is 11.2 Å². The van der Waals surface area contributed by atoms with E-state index in [1.165, 1.54) is 12.1 Å². The minimum Gasteiger partial charge on any atom is -0.338 e. The van der Waals surface area contributed by atoms with Crippen LogP contribution in [0.1, 0.15) is 34.8 Å². The molecule has 0 aliphatic carbocycles. The number of nitrogens with zero attached hydrogens (tertiary/aromatic N) is 3. The number of amides is 1. The number of aromatic nitrogens is 2. The Bertz CT molecular complexity index is 1100. The number of sulfonamides is 1. The standard InChI is InChI=1S/C22H24N4O3S/c1-17-2-6-19(7-3-17)24-30(28,29)21-8-4-18(5-9-21)22(27)25-13-10-20(11-14-25)26-15-12-23-16-26/h2-9,12,15-16,20,24H,10-11,13-14H2,1H3. The number of hydrogen-bond acceptors (Lipinski definition) is 4. The van der Waals surface area contributed by atoms with Gasteiger partial charge in [-0.15, -0.1) is 0 Å². The number of likely N-dealkylation sites (tertiary alicyclic amines) is 1. The Kier molecular flexibility index (Phi) is 5.59. The molecular formula is C22H24N4O3S. The van der Waals surface area contributed by atoms with Crippen LogP contribution in [0.25, 0.3) is 0 Å². The molecule has 1 fully saturated rings. The second kappa shape index (κ2) is 8.31. The molecule has 1 saturated heterocycles. The Morgan fingerprint density at radius 3 is 2.30 bits per heavy atom. The van der Waals surface area contributed by atoms with E-state index in [0.717, 1.165) is 18.4 Å². The lowest BCUT2D eigenvalue weighted by Crippen LogP contribution is -2.38. The molecule has 0 unspecified atom stereocenters. The van der Waals surface area contributed by atoms with E-state index in [1.54, 1.807) is 30.5 Å². The predicted molar refractivity (Wildman–Crippen MR) is 115 cm³/mol. The van der Waals surface area contributed by atoms with Crippen LogP contribution in [0.2, 0.25) is 0 Å². The van der Waals surface area contributed by atoms with Crippen LogP contribution in [0, 0.1) is 6.92 Å². The van der Waals surface area contributed by atoms with E-state index in [-0.39, 0.29) is 10.8 Å². The minimum absolute atomic E-state index is 0.0745. The number of aryl methyl sites for hydroxylation is 1. The van der Waals surface area contributed by atoms with Gasteiger partial charge in [-0.25, -0.2) is 13.4 Å². The summed E-state index contributed by atoms with van der Waals surface area (Å²) < 4.78 is 29.9. The topological polar surface area (TPSA) is 84.3 Å².